The topological polar surface area (TPSA) is 51.8 Å². The van der Waals surface area contributed by atoms with Crippen LogP contribution in [0.15, 0.2) is 25.9 Å². The van der Waals surface area contributed by atoms with Gasteiger partial charge < -0.3 is 4.52 Å². The summed E-state index contributed by atoms with van der Waals surface area (Å²) >= 11 is 6.75. The maximum Gasteiger partial charge on any atom is 0.260 e. The summed E-state index contributed by atoms with van der Waals surface area (Å²) in [5.74, 6) is 1.08. The van der Waals surface area contributed by atoms with Crippen LogP contribution in [-0.4, -0.2) is 15.1 Å². The molecule has 0 aliphatic heterocycles. The summed E-state index contributed by atoms with van der Waals surface area (Å²) in [6.45, 7) is 1.77. The van der Waals surface area contributed by atoms with Crippen LogP contribution in [0.2, 0.25) is 0 Å². The standard InChI is InChI=1S/C8H5Br2N3O/c1-4-12-8(14-13-4)7-5(9)2-11-3-6(7)10/h2-3H,1H3. The van der Waals surface area contributed by atoms with E-state index in [-0.39, 0.29) is 0 Å². The van der Waals surface area contributed by atoms with E-state index in [2.05, 4.69) is 47.0 Å². The fraction of sp³-hybridized carbons (Fsp3) is 0.125. The smallest absolute Gasteiger partial charge is 0.260 e. The van der Waals surface area contributed by atoms with Crippen molar-refractivity contribution in [3.05, 3.63) is 27.2 Å². The first-order chi connectivity index (χ1) is 6.68. The Morgan fingerprint density at radius 3 is 2.36 bits per heavy atom. The minimum absolute atomic E-state index is 0.476. The number of halogens is 2. The second-order valence-electron chi connectivity index (χ2n) is 2.62. The molecule has 4 nitrogen and oxygen atoms in total. The van der Waals surface area contributed by atoms with E-state index < -0.39 is 0 Å². The largest absolute Gasteiger partial charge is 0.334 e. The van der Waals surface area contributed by atoms with Crippen molar-refractivity contribution in [1.82, 2.24) is 15.1 Å². The summed E-state index contributed by atoms with van der Waals surface area (Å²) in [7, 11) is 0. The van der Waals surface area contributed by atoms with Gasteiger partial charge in [-0.1, -0.05) is 5.16 Å². The Morgan fingerprint density at radius 1 is 1.21 bits per heavy atom. The molecule has 0 spiro atoms. The van der Waals surface area contributed by atoms with Crippen molar-refractivity contribution in [2.45, 2.75) is 6.92 Å². The summed E-state index contributed by atoms with van der Waals surface area (Å²) in [5.41, 5.74) is 0.820. The Balaban J connectivity index is 2.61. The van der Waals surface area contributed by atoms with Gasteiger partial charge in [0.15, 0.2) is 5.82 Å². The highest BCUT2D eigenvalue weighted by atomic mass is 79.9. The van der Waals surface area contributed by atoms with Crippen molar-refractivity contribution in [3.63, 3.8) is 0 Å². The highest BCUT2D eigenvalue weighted by Crippen LogP contribution is 2.32. The van der Waals surface area contributed by atoms with Crippen LogP contribution < -0.4 is 0 Å². The molecule has 6 heteroatoms. The molecule has 2 heterocycles. The zero-order valence-electron chi connectivity index (χ0n) is 7.16. The van der Waals surface area contributed by atoms with Gasteiger partial charge in [0, 0.05) is 21.3 Å². The molecule has 0 fully saturated rings. The lowest BCUT2D eigenvalue weighted by molar-refractivity contribution is 0.425. The number of aryl methyl sites for hydroxylation is 1. The number of aromatic nitrogens is 3. The molecule has 0 bridgehead atoms. The summed E-state index contributed by atoms with van der Waals surface area (Å²) in [6, 6.07) is 0. The predicted molar refractivity (Wildman–Crippen MR) is 57.7 cm³/mol. The van der Waals surface area contributed by atoms with Gasteiger partial charge in [-0.2, -0.15) is 4.98 Å². The molecule has 0 aliphatic carbocycles. The van der Waals surface area contributed by atoms with Crippen LogP contribution >= 0.6 is 31.9 Å². The van der Waals surface area contributed by atoms with Gasteiger partial charge in [-0.25, -0.2) is 0 Å². The Bertz CT molecular complexity index is 449. The fourth-order valence-corrected chi connectivity index (χ4v) is 2.28. The summed E-state index contributed by atoms with van der Waals surface area (Å²) < 4.78 is 6.69. The lowest BCUT2D eigenvalue weighted by Gasteiger charge is -1.99. The molecule has 2 aromatic heterocycles. The lowest BCUT2D eigenvalue weighted by atomic mass is 10.3. The van der Waals surface area contributed by atoms with Gasteiger partial charge in [0.25, 0.3) is 5.89 Å². The molecule has 0 radical (unpaired) electrons. The van der Waals surface area contributed by atoms with Crippen LogP contribution in [0.3, 0.4) is 0 Å². The van der Waals surface area contributed by atoms with Gasteiger partial charge in [0.05, 0.1) is 5.56 Å². The predicted octanol–water partition coefficient (Wildman–Crippen LogP) is 2.97. The van der Waals surface area contributed by atoms with Crippen LogP contribution in [0, 0.1) is 6.92 Å². The van der Waals surface area contributed by atoms with Crippen LogP contribution in [0.1, 0.15) is 5.82 Å². The van der Waals surface area contributed by atoms with Gasteiger partial charge in [-0.05, 0) is 38.8 Å². The molecule has 0 N–H and O–H groups in total. The van der Waals surface area contributed by atoms with Crippen molar-refractivity contribution >= 4 is 31.9 Å². The quantitative estimate of drug-likeness (QED) is 0.811. The van der Waals surface area contributed by atoms with Gasteiger partial charge >= 0.3 is 0 Å². The maximum absolute atomic E-state index is 5.06. The van der Waals surface area contributed by atoms with Crippen LogP contribution in [0.4, 0.5) is 0 Å². The minimum Gasteiger partial charge on any atom is -0.334 e. The monoisotopic (exact) mass is 317 g/mol. The van der Waals surface area contributed by atoms with E-state index in [0.29, 0.717) is 11.7 Å². The first-order valence-corrected chi connectivity index (χ1v) is 5.37. The molecule has 0 saturated heterocycles. The third-order valence-corrected chi connectivity index (χ3v) is 2.80. The first kappa shape index (κ1) is 9.79. The number of nitrogens with zero attached hydrogens (tertiary/aromatic N) is 3. The summed E-state index contributed by atoms with van der Waals surface area (Å²) in [6.07, 6.45) is 3.36. The zero-order chi connectivity index (χ0) is 10.1. The molecule has 2 aromatic rings. The molecule has 14 heavy (non-hydrogen) atoms. The SMILES string of the molecule is Cc1noc(-c2c(Br)cncc2Br)n1. The third kappa shape index (κ3) is 1.72. The van der Waals surface area contributed by atoms with Gasteiger partial charge in [0.1, 0.15) is 0 Å². The Labute approximate surface area is 97.0 Å². The van der Waals surface area contributed by atoms with E-state index in [9.17, 15) is 0 Å². The van der Waals surface area contributed by atoms with Crippen molar-refractivity contribution in [3.8, 4) is 11.5 Å². The fourth-order valence-electron chi connectivity index (χ4n) is 1.01. The second kappa shape index (κ2) is 3.78. The molecular weight excluding hydrogens is 314 g/mol. The number of rotatable bonds is 1. The number of hydrogen-bond acceptors (Lipinski definition) is 4. The van der Waals surface area contributed by atoms with Crippen molar-refractivity contribution in [2.75, 3.05) is 0 Å². The zero-order valence-corrected chi connectivity index (χ0v) is 10.3. The number of pyridine rings is 1. The Kier molecular flexibility index (Phi) is 2.64. The number of hydrogen-bond donors (Lipinski definition) is 0. The maximum atomic E-state index is 5.06. The highest BCUT2D eigenvalue weighted by molar-refractivity contribution is 9.11. The van der Waals surface area contributed by atoms with Gasteiger partial charge in [0.2, 0.25) is 0 Å². The normalized spacial score (nSPS) is 10.5. The van der Waals surface area contributed by atoms with E-state index in [1.807, 2.05) is 0 Å². The summed E-state index contributed by atoms with van der Waals surface area (Å²) in [4.78, 5) is 8.13. The molecular formula is C8H5Br2N3O. The van der Waals surface area contributed by atoms with E-state index in [4.69, 9.17) is 4.52 Å². The van der Waals surface area contributed by atoms with E-state index in [1.54, 1.807) is 19.3 Å². The Hall–Kier alpha value is -0.750. The molecule has 72 valence electrons. The van der Waals surface area contributed by atoms with Crippen molar-refractivity contribution in [2.24, 2.45) is 0 Å². The Morgan fingerprint density at radius 2 is 1.86 bits per heavy atom. The van der Waals surface area contributed by atoms with Crippen molar-refractivity contribution < 1.29 is 4.52 Å². The van der Waals surface area contributed by atoms with Crippen LogP contribution in [-0.2, 0) is 0 Å². The third-order valence-electron chi connectivity index (χ3n) is 1.59. The highest BCUT2D eigenvalue weighted by Gasteiger charge is 2.13. The molecule has 0 atom stereocenters. The first-order valence-electron chi connectivity index (χ1n) is 3.78. The van der Waals surface area contributed by atoms with E-state index in [1.165, 1.54) is 0 Å². The minimum atomic E-state index is 0.476. The van der Waals surface area contributed by atoms with Crippen LogP contribution in [0.25, 0.3) is 11.5 Å². The molecule has 0 aromatic carbocycles. The van der Waals surface area contributed by atoms with E-state index >= 15 is 0 Å². The molecule has 0 amide bonds. The molecule has 2 rings (SSSR count). The molecule has 0 aliphatic rings. The molecule has 0 saturated carbocycles. The van der Waals surface area contributed by atoms with E-state index in [0.717, 1.165) is 14.5 Å². The van der Waals surface area contributed by atoms with Crippen LogP contribution in [0.5, 0.6) is 0 Å². The van der Waals surface area contributed by atoms with Gasteiger partial charge in [-0.15, -0.1) is 0 Å². The second-order valence-corrected chi connectivity index (χ2v) is 4.33. The molecule has 0 unspecified atom stereocenters. The average Bonchev–Trinajstić information content (AvgIpc) is 2.51. The average molecular weight is 319 g/mol. The van der Waals surface area contributed by atoms with Crippen molar-refractivity contribution in [1.29, 1.82) is 0 Å². The lowest BCUT2D eigenvalue weighted by Crippen LogP contribution is -1.84. The van der Waals surface area contributed by atoms with Gasteiger partial charge in [-0.3, -0.25) is 4.98 Å². The summed E-state index contributed by atoms with van der Waals surface area (Å²) in [5, 5.41) is 3.73.